The van der Waals surface area contributed by atoms with Crippen molar-refractivity contribution in [1.29, 1.82) is 0 Å². The van der Waals surface area contributed by atoms with Gasteiger partial charge in [0.2, 0.25) is 6.29 Å². The van der Waals surface area contributed by atoms with Crippen LogP contribution in [0.2, 0.25) is 0 Å². The molecule has 6 heteroatoms. The Kier molecular flexibility index (Phi) is 6.24. The molecule has 6 nitrogen and oxygen atoms in total. The predicted molar refractivity (Wildman–Crippen MR) is 64.0 cm³/mol. The van der Waals surface area contributed by atoms with Crippen molar-refractivity contribution < 1.29 is 19.0 Å². The second-order valence-corrected chi connectivity index (χ2v) is 3.26. The summed E-state index contributed by atoms with van der Waals surface area (Å²) in [6.45, 7) is 6.68. The number of hydrogen-bond donors (Lipinski definition) is 0. The van der Waals surface area contributed by atoms with Crippen LogP contribution < -0.4 is 0 Å². The van der Waals surface area contributed by atoms with Crippen molar-refractivity contribution in [3.05, 3.63) is 23.8 Å². The monoisotopic (exact) mass is 254 g/mol. The molecule has 0 aliphatic heterocycles. The first-order valence-electron chi connectivity index (χ1n) is 5.96. The van der Waals surface area contributed by atoms with E-state index in [0.29, 0.717) is 25.6 Å². The summed E-state index contributed by atoms with van der Waals surface area (Å²) in [5.74, 6) is -0.155. The summed E-state index contributed by atoms with van der Waals surface area (Å²) in [5, 5.41) is 0. The zero-order valence-electron chi connectivity index (χ0n) is 10.9. The minimum Gasteiger partial charge on any atom is -0.461 e. The average molecular weight is 254 g/mol. The smallest absolute Gasteiger partial charge is 0.357 e. The average Bonchev–Trinajstić information content (AvgIpc) is 2.39. The maximum atomic E-state index is 11.5. The van der Waals surface area contributed by atoms with Crippen molar-refractivity contribution >= 4 is 5.97 Å². The fraction of sp³-hybridized carbons (Fsp3) is 0.583. The van der Waals surface area contributed by atoms with Crippen LogP contribution in [0.5, 0.6) is 0 Å². The van der Waals surface area contributed by atoms with Gasteiger partial charge in [-0.3, -0.25) is 0 Å². The molecule has 0 aliphatic carbocycles. The van der Waals surface area contributed by atoms with E-state index in [0.717, 1.165) is 0 Å². The van der Waals surface area contributed by atoms with Crippen molar-refractivity contribution in [1.82, 2.24) is 9.97 Å². The summed E-state index contributed by atoms with van der Waals surface area (Å²) >= 11 is 0. The Labute approximate surface area is 106 Å². The highest BCUT2D eigenvalue weighted by molar-refractivity contribution is 5.87. The highest BCUT2D eigenvalue weighted by atomic mass is 16.7. The zero-order chi connectivity index (χ0) is 13.4. The van der Waals surface area contributed by atoms with Gasteiger partial charge in [0.15, 0.2) is 11.5 Å². The van der Waals surface area contributed by atoms with Crippen LogP contribution in [0.25, 0.3) is 0 Å². The molecule has 0 radical (unpaired) electrons. The third-order valence-electron chi connectivity index (χ3n) is 2.01. The molecule has 0 aliphatic rings. The number of esters is 1. The molecule has 0 saturated carbocycles. The van der Waals surface area contributed by atoms with Gasteiger partial charge in [0.05, 0.1) is 6.61 Å². The zero-order valence-corrected chi connectivity index (χ0v) is 10.9. The van der Waals surface area contributed by atoms with Crippen LogP contribution in [0, 0.1) is 0 Å². The van der Waals surface area contributed by atoms with Crippen molar-refractivity contribution in [3.8, 4) is 0 Å². The number of nitrogens with zero attached hydrogens (tertiary/aromatic N) is 2. The maximum absolute atomic E-state index is 11.5. The van der Waals surface area contributed by atoms with Gasteiger partial charge < -0.3 is 14.2 Å². The molecule has 0 amide bonds. The predicted octanol–water partition coefficient (Wildman–Crippen LogP) is 1.72. The standard InChI is InChI=1S/C12H18N2O4/c1-4-16-11(15)9-7-8-13-10(14-9)12(17-5-2)18-6-3/h7-8,12H,4-6H2,1-3H3. The molecule has 1 aromatic heterocycles. The fourth-order valence-corrected chi connectivity index (χ4v) is 1.31. The SMILES string of the molecule is CCOC(=O)c1ccnc(C(OCC)OCC)n1. The van der Waals surface area contributed by atoms with E-state index in [2.05, 4.69) is 9.97 Å². The first kappa shape index (κ1) is 14.5. The number of rotatable bonds is 7. The summed E-state index contributed by atoms with van der Waals surface area (Å²) in [4.78, 5) is 19.7. The van der Waals surface area contributed by atoms with Crippen LogP contribution in [0.3, 0.4) is 0 Å². The molecule has 100 valence electrons. The van der Waals surface area contributed by atoms with Gasteiger partial charge in [-0.05, 0) is 26.8 Å². The number of carbonyl (C=O) groups is 1. The van der Waals surface area contributed by atoms with Crippen molar-refractivity contribution in [2.45, 2.75) is 27.1 Å². The lowest BCUT2D eigenvalue weighted by molar-refractivity contribution is -0.145. The molecule has 0 fully saturated rings. The van der Waals surface area contributed by atoms with Gasteiger partial charge in [0, 0.05) is 19.4 Å². The minimum atomic E-state index is -0.658. The topological polar surface area (TPSA) is 70.5 Å². The summed E-state index contributed by atoms with van der Waals surface area (Å²) in [6.07, 6.45) is 0.828. The molecule has 0 saturated heterocycles. The van der Waals surface area contributed by atoms with Gasteiger partial charge in [0.1, 0.15) is 0 Å². The van der Waals surface area contributed by atoms with E-state index in [9.17, 15) is 4.79 Å². The summed E-state index contributed by atoms with van der Waals surface area (Å²) in [5.41, 5.74) is 0.200. The van der Waals surface area contributed by atoms with Gasteiger partial charge in [-0.15, -0.1) is 0 Å². The lowest BCUT2D eigenvalue weighted by Crippen LogP contribution is -2.15. The van der Waals surface area contributed by atoms with Gasteiger partial charge in [-0.25, -0.2) is 14.8 Å². The highest BCUT2D eigenvalue weighted by Crippen LogP contribution is 2.14. The van der Waals surface area contributed by atoms with E-state index in [-0.39, 0.29) is 5.69 Å². The maximum Gasteiger partial charge on any atom is 0.357 e. The normalized spacial score (nSPS) is 10.7. The Balaban J connectivity index is 2.87. The van der Waals surface area contributed by atoms with E-state index in [4.69, 9.17) is 14.2 Å². The minimum absolute atomic E-state index is 0.200. The third-order valence-corrected chi connectivity index (χ3v) is 2.01. The number of hydrogen-bond acceptors (Lipinski definition) is 6. The van der Waals surface area contributed by atoms with E-state index in [1.165, 1.54) is 12.3 Å². The first-order chi connectivity index (χ1) is 8.72. The molecule has 0 aromatic carbocycles. The van der Waals surface area contributed by atoms with Crippen molar-refractivity contribution in [2.24, 2.45) is 0 Å². The Bertz CT molecular complexity index is 378. The van der Waals surface area contributed by atoms with E-state index in [1.54, 1.807) is 6.92 Å². The van der Waals surface area contributed by atoms with Crippen LogP contribution >= 0.6 is 0 Å². The first-order valence-corrected chi connectivity index (χ1v) is 5.96. The molecule has 0 N–H and O–H groups in total. The fourth-order valence-electron chi connectivity index (χ4n) is 1.31. The molecule has 1 aromatic rings. The lowest BCUT2D eigenvalue weighted by Gasteiger charge is -2.15. The lowest BCUT2D eigenvalue weighted by atomic mass is 10.4. The molecule has 1 rings (SSSR count). The Morgan fingerprint density at radius 1 is 1.22 bits per heavy atom. The van der Waals surface area contributed by atoms with Crippen LogP contribution in [-0.4, -0.2) is 35.8 Å². The van der Waals surface area contributed by atoms with Crippen LogP contribution in [-0.2, 0) is 14.2 Å². The Hall–Kier alpha value is -1.53. The summed E-state index contributed by atoms with van der Waals surface area (Å²) in [6, 6.07) is 1.50. The largest absolute Gasteiger partial charge is 0.461 e. The summed E-state index contributed by atoms with van der Waals surface area (Å²) in [7, 11) is 0. The molecular formula is C12H18N2O4. The van der Waals surface area contributed by atoms with Crippen LogP contribution in [0.4, 0.5) is 0 Å². The molecule has 0 unspecified atom stereocenters. The molecule has 0 bridgehead atoms. The number of aromatic nitrogens is 2. The van der Waals surface area contributed by atoms with Gasteiger partial charge in [-0.1, -0.05) is 0 Å². The van der Waals surface area contributed by atoms with Gasteiger partial charge >= 0.3 is 5.97 Å². The van der Waals surface area contributed by atoms with E-state index < -0.39 is 12.3 Å². The molecule has 1 heterocycles. The van der Waals surface area contributed by atoms with Crippen molar-refractivity contribution in [3.63, 3.8) is 0 Å². The second-order valence-electron chi connectivity index (χ2n) is 3.26. The molecule has 18 heavy (non-hydrogen) atoms. The highest BCUT2D eigenvalue weighted by Gasteiger charge is 2.17. The van der Waals surface area contributed by atoms with Crippen LogP contribution in [0.15, 0.2) is 12.3 Å². The van der Waals surface area contributed by atoms with E-state index in [1.807, 2.05) is 13.8 Å². The summed E-state index contributed by atoms with van der Waals surface area (Å²) < 4.78 is 15.6. The number of ether oxygens (including phenoxy) is 3. The molecule has 0 spiro atoms. The molecular weight excluding hydrogens is 236 g/mol. The Morgan fingerprint density at radius 2 is 1.89 bits per heavy atom. The van der Waals surface area contributed by atoms with Crippen LogP contribution in [0.1, 0.15) is 43.4 Å². The van der Waals surface area contributed by atoms with E-state index >= 15 is 0 Å². The van der Waals surface area contributed by atoms with Crippen molar-refractivity contribution in [2.75, 3.05) is 19.8 Å². The van der Waals surface area contributed by atoms with Gasteiger partial charge in [0.25, 0.3) is 0 Å². The Morgan fingerprint density at radius 3 is 2.44 bits per heavy atom. The molecule has 0 atom stereocenters. The quantitative estimate of drug-likeness (QED) is 0.545. The second kappa shape index (κ2) is 7.73. The number of carbonyl (C=O) groups excluding carboxylic acids is 1. The van der Waals surface area contributed by atoms with Gasteiger partial charge in [-0.2, -0.15) is 0 Å². The third kappa shape index (κ3) is 4.05.